The number of benzene rings is 2. The summed E-state index contributed by atoms with van der Waals surface area (Å²) in [7, 11) is 1.57. The van der Waals surface area contributed by atoms with E-state index in [-0.39, 0.29) is 24.6 Å². The molecule has 1 N–H and O–H groups in total. The molecule has 0 spiro atoms. The van der Waals surface area contributed by atoms with E-state index in [9.17, 15) is 14.4 Å². The van der Waals surface area contributed by atoms with E-state index >= 15 is 0 Å². The minimum absolute atomic E-state index is 0.0397. The molecule has 1 amide bonds. The third-order valence-corrected chi connectivity index (χ3v) is 7.96. The lowest BCUT2D eigenvalue weighted by Gasteiger charge is -2.14. The second kappa shape index (κ2) is 9.71. The summed E-state index contributed by atoms with van der Waals surface area (Å²) in [5, 5.41) is 3.86. The van der Waals surface area contributed by atoms with Gasteiger partial charge in [0.15, 0.2) is 0 Å². The molecule has 1 aliphatic carbocycles. The first-order chi connectivity index (χ1) is 17.0. The van der Waals surface area contributed by atoms with Crippen LogP contribution >= 0.6 is 22.9 Å². The number of carbonyl (C=O) groups is 1. The van der Waals surface area contributed by atoms with Crippen LogP contribution in [0.2, 0.25) is 5.02 Å². The van der Waals surface area contributed by atoms with Crippen molar-refractivity contribution in [3.63, 3.8) is 0 Å². The Kier molecular flexibility index (Phi) is 6.49. The number of rotatable bonds is 6. The van der Waals surface area contributed by atoms with Crippen LogP contribution < -0.4 is 21.3 Å². The predicted octanol–water partition coefficient (Wildman–Crippen LogP) is 4.45. The van der Waals surface area contributed by atoms with Gasteiger partial charge in [-0.15, -0.1) is 11.3 Å². The van der Waals surface area contributed by atoms with E-state index in [1.807, 2.05) is 6.07 Å². The normalized spacial score (nSPS) is 13.0. The van der Waals surface area contributed by atoms with Gasteiger partial charge in [-0.05, 0) is 67.1 Å². The Hall–Kier alpha value is -3.36. The van der Waals surface area contributed by atoms with Gasteiger partial charge in [0.05, 0.1) is 19.0 Å². The highest BCUT2D eigenvalue weighted by molar-refractivity contribution is 7.18. The Labute approximate surface area is 210 Å². The number of aromatic nitrogens is 2. The number of thiophene rings is 1. The van der Waals surface area contributed by atoms with Gasteiger partial charge in [0.1, 0.15) is 17.1 Å². The summed E-state index contributed by atoms with van der Waals surface area (Å²) in [5.41, 5.74) is 1.43. The standard InChI is InChI=1S/C26H24ClN3O4S/c1-34-18-12-10-17(11-13-18)28-22(31)15-30-25-23(19-7-3-5-9-21(19)35-25)24(32)29(26(30)33)14-16-6-2-4-8-20(16)27/h2,4,6,8,10-13H,3,5,7,9,14-15H2,1H3,(H,28,31). The zero-order valence-electron chi connectivity index (χ0n) is 19.2. The third-order valence-electron chi connectivity index (χ3n) is 6.28. The number of nitrogens with one attached hydrogen (secondary N) is 1. The van der Waals surface area contributed by atoms with Crippen LogP contribution in [-0.2, 0) is 30.7 Å². The molecule has 0 saturated carbocycles. The molecule has 0 aliphatic heterocycles. The fourth-order valence-electron chi connectivity index (χ4n) is 4.51. The molecule has 4 aromatic rings. The van der Waals surface area contributed by atoms with Gasteiger partial charge >= 0.3 is 5.69 Å². The molecule has 2 aromatic carbocycles. The lowest BCUT2D eigenvalue weighted by molar-refractivity contribution is -0.116. The highest BCUT2D eigenvalue weighted by atomic mass is 35.5. The zero-order valence-corrected chi connectivity index (χ0v) is 20.7. The van der Waals surface area contributed by atoms with Crippen molar-refractivity contribution >= 4 is 44.7 Å². The summed E-state index contributed by atoms with van der Waals surface area (Å²) in [6.45, 7) is -0.165. The minimum atomic E-state index is -0.522. The van der Waals surface area contributed by atoms with Crippen LogP contribution in [0.15, 0.2) is 58.1 Å². The minimum Gasteiger partial charge on any atom is -0.497 e. The monoisotopic (exact) mass is 509 g/mol. The van der Waals surface area contributed by atoms with Crippen molar-refractivity contribution < 1.29 is 9.53 Å². The second-order valence-electron chi connectivity index (χ2n) is 8.52. The predicted molar refractivity (Wildman–Crippen MR) is 139 cm³/mol. The fraction of sp³-hybridized carbons (Fsp3) is 0.269. The van der Waals surface area contributed by atoms with Crippen molar-refractivity contribution in [2.24, 2.45) is 0 Å². The Morgan fingerprint density at radius 3 is 2.54 bits per heavy atom. The molecule has 0 saturated heterocycles. The lowest BCUT2D eigenvalue weighted by atomic mass is 9.97. The van der Waals surface area contributed by atoms with E-state index in [2.05, 4.69) is 5.32 Å². The average molecular weight is 510 g/mol. The molecular weight excluding hydrogens is 486 g/mol. The quantitative estimate of drug-likeness (QED) is 0.416. The largest absolute Gasteiger partial charge is 0.497 e. The van der Waals surface area contributed by atoms with Crippen LogP contribution in [0.25, 0.3) is 10.2 Å². The van der Waals surface area contributed by atoms with E-state index in [4.69, 9.17) is 16.3 Å². The van der Waals surface area contributed by atoms with Crippen LogP contribution in [0.5, 0.6) is 5.75 Å². The topological polar surface area (TPSA) is 82.3 Å². The number of fused-ring (bicyclic) bond motifs is 3. The Morgan fingerprint density at radius 2 is 1.80 bits per heavy atom. The van der Waals surface area contributed by atoms with Gasteiger partial charge in [0.25, 0.3) is 5.56 Å². The Balaban J connectivity index is 1.59. The van der Waals surface area contributed by atoms with Crippen LogP contribution in [-0.4, -0.2) is 22.2 Å². The van der Waals surface area contributed by atoms with Crippen molar-refractivity contribution in [1.82, 2.24) is 9.13 Å². The number of hydrogen-bond acceptors (Lipinski definition) is 5. The molecule has 0 radical (unpaired) electrons. The van der Waals surface area contributed by atoms with Gasteiger partial charge in [0, 0.05) is 15.6 Å². The van der Waals surface area contributed by atoms with Crippen molar-refractivity contribution in [3.05, 3.63) is 90.4 Å². The van der Waals surface area contributed by atoms with Crippen LogP contribution in [0.4, 0.5) is 5.69 Å². The molecule has 9 heteroatoms. The van der Waals surface area contributed by atoms with E-state index < -0.39 is 5.69 Å². The maximum Gasteiger partial charge on any atom is 0.332 e. The number of aryl methyl sites for hydroxylation is 2. The number of halogens is 1. The number of ether oxygens (including phenoxy) is 1. The number of carbonyl (C=O) groups excluding carboxylic acids is 1. The summed E-state index contributed by atoms with van der Waals surface area (Å²) in [4.78, 5) is 41.9. The fourth-order valence-corrected chi connectivity index (χ4v) is 6.08. The highest BCUT2D eigenvalue weighted by Crippen LogP contribution is 2.34. The summed E-state index contributed by atoms with van der Waals surface area (Å²) in [6.07, 6.45) is 3.73. The van der Waals surface area contributed by atoms with Gasteiger partial charge < -0.3 is 10.1 Å². The highest BCUT2D eigenvalue weighted by Gasteiger charge is 2.24. The molecule has 35 heavy (non-hydrogen) atoms. The third kappa shape index (κ3) is 4.51. The Bertz CT molecular complexity index is 1540. The SMILES string of the molecule is COc1ccc(NC(=O)Cn2c(=O)n(Cc3ccccc3Cl)c(=O)c3c4c(sc32)CCCC4)cc1. The number of amides is 1. The lowest BCUT2D eigenvalue weighted by Crippen LogP contribution is -2.41. The number of methoxy groups -OCH3 is 1. The number of hydrogen-bond donors (Lipinski definition) is 1. The van der Waals surface area contributed by atoms with Crippen molar-refractivity contribution in [1.29, 1.82) is 0 Å². The maximum absolute atomic E-state index is 13.6. The molecule has 1 aliphatic rings. The summed E-state index contributed by atoms with van der Waals surface area (Å²) >= 11 is 7.79. The van der Waals surface area contributed by atoms with Gasteiger partial charge in [0.2, 0.25) is 5.91 Å². The van der Waals surface area contributed by atoms with E-state index in [0.29, 0.717) is 32.2 Å². The van der Waals surface area contributed by atoms with Gasteiger partial charge in [-0.1, -0.05) is 29.8 Å². The van der Waals surface area contributed by atoms with Crippen LogP contribution in [0.3, 0.4) is 0 Å². The van der Waals surface area contributed by atoms with Crippen LogP contribution in [0, 0.1) is 0 Å². The molecule has 5 rings (SSSR count). The zero-order chi connectivity index (χ0) is 24.5. The van der Waals surface area contributed by atoms with Crippen molar-refractivity contribution in [2.75, 3.05) is 12.4 Å². The Morgan fingerprint density at radius 1 is 1.06 bits per heavy atom. The first-order valence-corrected chi connectivity index (χ1v) is 12.6. The summed E-state index contributed by atoms with van der Waals surface area (Å²) in [5.74, 6) is 0.324. The molecular formula is C26H24ClN3O4S. The number of anilines is 1. The summed E-state index contributed by atoms with van der Waals surface area (Å²) < 4.78 is 7.78. The van der Waals surface area contributed by atoms with Gasteiger partial charge in [-0.2, -0.15) is 0 Å². The molecule has 2 heterocycles. The summed E-state index contributed by atoms with van der Waals surface area (Å²) in [6, 6.07) is 14.1. The van der Waals surface area contributed by atoms with Crippen LogP contribution in [0.1, 0.15) is 28.8 Å². The van der Waals surface area contributed by atoms with Crippen molar-refractivity contribution in [3.8, 4) is 5.75 Å². The van der Waals surface area contributed by atoms with Gasteiger partial charge in [-0.25, -0.2) is 4.79 Å². The molecule has 7 nitrogen and oxygen atoms in total. The van der Waals surface area contributed by atoms with E-state index in [0.717, 1.165) is 36.1 Å². The molecule has 0 atom stereocenters. The van der Waals surface area contributed by atoms with E-state index in [1.54, 1.807) is 49.6 Å². The van der Waals surface area contributed by atoms with Gasteiger partial charge in [-0.3, -0.25) is 18.7 Å². The molecule has 180 valence electrons. The average Bonchev–Trinajstić information content (AvgIpc) is 3.25. The molecule has 0 unspecified atom stereocenters. The maximum atomic E-state index is 13.6. The van der Waals surface area contributed by atoms with E-state index in [1.165, 1.54) is 20.5 Å². The molecule has 2 aromatic heterocycles. The second-order valence-corrected chi connectivity index (χ2v) is 10.0. The first kappa shape index (κ1) is 23.4. The number of nitrogens with zero attached hydrogens (tertiary/aromatic N) is 2. The first-order valence-electron chi connectivity index (χ1n) is 11.4. The molecule has 0 bridgehead atoms. The molecule has 0 fully saturated rings. The smallest absolute Gasteiger partial charge is 0.332 e. The van der Waals surface area contributed by atoms with Crippen molar-refractivity contribution in [2.45, 2.75) is 38.8 Å².